The van der Waals surface area contributed by atoms with E-state index in [1.807, 2.05) is 13.8 Å². The van der Waals surface area contributed by atoms with E-state index in [0.717, 1.165) is 18.9 Å². The Labute approximate surface area is 132 Å². The second kappa shape index (κ2) is 5.81. The summed E-state index contributed by atoms with van der Waals surface area (Å²) < 4.78 is 45.4. The fourth-order valence-corrected chi connectivity index (χ4v) is 3.01. The number of hydrogen-bond acceptors (Lipinski definition) is 3. The molecule has 0 spiro atoms. The van der Waals surface area contributed by atoms with E-state index in [1.54, 1.807) is 4.90 Å². The van der Waals surface area contributed by atoms with Gasteiger partial charge >= 0.3 is 6.18 Å². The number of nitrogens with zero attached hydrogens (tertiary/aromatic N) is 3. The van der Waals surface area contributed by atoms with Gasteiger partial charge in [-0.3, -0.25) is 9.48 Å². The van der Waals surface area contributed by atoms with E-state index in [1.165, 1.54) is 4.68 Å². The Morgan fingerprint density at radius 3 is 2.43 bits per heavy atom. The van der Waals surface area contributed by atoms with Gasteiger partial charge in [0.1, 0.15) is 6.54 Å². The minimum absolute atomic E-state index is 0.0750. The molecule has 128 valence electrons. The van der Waals surface area contributed by atoms with E-state index in [-0.39, 0.29) is 30.6 Å². The van der Waals surface area contributed by atoms with Crippen molar-refractivity contribution < 1.29 is 22.7 Å². The van der Waals surface area contributed by atoms with Gasteiger partial charge in [0.15, 0.2) is 5.69 Å². The molecular weight excluding hydrogens is 311 g/mol. The van der Waals surface area contributed by atoms with Gasteiger partial charge in [-0.25, -0.2) is 0 Å². The lowest BCUT2D eigenvalue weighted by Gasteiger charge is -2.35. The van der Waals surface area contributed by atoms with Gasteiger partial charge in [0.25, 0.3) is 0 Å². The van der Waals surface area contributed by atoms with Crippen LogP contribution < -0.4 is 0 Å². The van der Waals surface area contributed by atoms with Crippen molar-refractivity contribution in [3.8, 4) is 0 Å². The van der Waals surface area contributed by atoms with Crippen LogP contribution in [0.2, 0.25) is 0 Å². The first kappa shape index (κ1) is 16.3. The molecule has 0 N–H and O–H groups in total. The molecule has 1 aliphatic heterocycles. The van der Waals surface area contributed by atoms with Gasteiger partial charge in [-0.05, 0) is 32.8 Å². The van der Waals surface area contributed by atoms with E-state index in [4.69, 9.17) is 4.74 Å². The lowest BCUT2D eigenvalue weighted by atomic mass is 10.2. The van der Waals surface area contributed by atoms with Crippen molar-refractivity contribution in [2.75, 3.05) is 13.1 Å². The molecule has 5 nitrogen and oxygen atoms in total. The van der Waals surface area contributed by atoms with Crippen LogP contribution in [0.15, 0.2) is 6.07 Å². The fourth-order valence-electron chi connectivity index (χ4n) is 3.01. The monoisotopic (exact) mass is 331 g/mol. The van der Waals surface area contributed by atoms with Crippen LogP contribution in [-0.4, -0.2) is 45.9 Å². The standard InChI is InChI=1S/C15H20F3N3O2/c1-9-6-20(7-10(2)23-9)14(22)8-21-12(11-3-4-11)5-13(19-21)15(16,17)18/h5,9-11H,3-4,6-8H2,1-2H3/t9-,10-/m1/s1. The molecule has 0 radical (unpaired) electrons. The SMILES string of the molecule is C[C@@H]1CN(C(=O)Cn2nc(C(F)(F)F)cc2C2CC2)C[C@@H](C)O1. The third kappa shape index (κ3) is 3.68. The van der Waals surface area contributed by atoms with Gasteiger partial charge in [0, 0.05) is 24.7 Å². The second-order valence-corrected chi connectivity index (χ2v) is 6.44. The molecule has 1 saturated heterocycles. The molecule has 8 heteroatoms. The first-order valence-electron chi connectivity index (χ1n) is 7.82. The molecule has 1 aromatic rings. The van der Waals surface area contributed by atoms with Gasteiger partial charge in [-0.2, -0.15) is 18.3 Å². The molecule has 23 heavy (non-hydrogen) atoms. The Hall–Kier alpha value is -1.57. The molecule has 3 rings (SSSR count). The zero-order valence-electron chi connectivity index (χ0n) is 13.1. The van der Waals surface area contributed by atoms with E-state index in [2.05, 4.69) is 5.10 Å². The van der Waals surface area contributed by atoms with Crippen molar-refractivity contribution in [3.63, 3.8) is 0 Å². The minimum atomic E-state index is -4.49. The van der Waals surface area contributed by atoms with Crippen LogP contribution in [-0.2, 0) is 22.3 Å². The fraction of sp³-hybridized carbons (Fsp3) is 0.733. The molecule has 2 atom stereocenters. The number of hydrogen-bond donors (Lipinski definition) is 0. The van der Waals surface area contributed by atoms with Gasteiger partial charge in [-0.15, -0.1) is 0 Å². The smallest absolute Gasteiger partial charge is 0.372 e. The third-order valence-corrected chi connectivity index (χ3v) is 4.15. The number of ether oxygens (including phenoxy) is 1. The number of aromatic nitrogens is 2. The molecule has 1 saturated carbocycles. The first-order valence-corrected chi connectivity index (χ1v) is 7.82. The van der Waals surface area contributed by atoms with Crippen molar-refractivity contribution in [3.05, 3.63) is 17.5 Å². The van der Waals surface area contributed by atoms with Crippen molar-refractivity contribution in [1.82, 2.24) is 14.7 Å². The summed E-state index contributed by atoms with van der Waals surface area (Å²) in [6, 6.07) is 1.08. The highest BCUT2D eigenvalue weighted by Gasteiger charge is 2.38. The number of morpholine rings is 1. The highest BCUT2D eigenvalue weighted by molar-refractivity contribution is 5.76. The quantitative estimate of drug-likeness (QED) is 0.855. The average Bonchev–Trinajstić information content (AvgIpc) is 3.17. The minimum Gasteiger partial charge on any atom is -0.372 e. The van der Waals surface area contributed by atoms with Crippen molar-refractivity contribution >= 4 is 5.91 Å². The van der Waals surface area contributed by atoms with Crippen molar-refractivity contribution in [2.24, 2.45) is 0 Å². The van der Waals surface area contributed by atoms with Crippen LogP contribution in [0.1, 0.15) is 44.0 Å². The van der Waals surface area contributed by atoms with E-state index in [0.29, 0.717) is 18.8 Å². The highest BCUT2D eigenvalue weighted by atomic mass is 19.4. The molecule has 2 heterocycles. The number of carbonyl (C=O) groups is 1. The largest absolute Gasteiger partial charge is 0.435 e. The molecule has 0 bridgehead atoms. The van der Waals surface area contributed by atoms with Crippen LogP contribution in [0.25, 0.3) is 0 Å². The van der Waals surface area contributed by atoms with Crippen LogP contribution in [0.4, 0.5) is 13.2 Å². The number of halogens is 3. The molecular formula is C15H20F3N3O2. The summed E-state index contributed by atoms with van der Waals surface area (Å²) in [5.74, 6) is -0.125. The molecule has 1 amide bonds. The summed E-state index contributed by atoms with van der Waals surface area (Å²) in [6.07, 6.45) is -2.94. The van der Waals surface area contributed by atoms with E-state index in [9.17, 15) is 18.0 Å². The number of carbonyl (C=O) groups excluding carboxylic acids is 1. The molecule has 2 fully saturated rings. The summed E-state index contributed by atoms with van der Waals surface area (Å²) in [7, 11) is 0. The average molecular weight is 331 g/mol. The van der Waals surface area contributed by atoms with E-state index < -0.39 is 11.9 Å². The molecule has 0 aromatic carbocycles. The topological polar surface area (TPSA) is 47.4 Å². The molecule has 2 aliphatic rings. The van der Waals surface area contributed by atoms with Crippen LogP contribution in [0, 0.1) is 0 Å². The predicted octanol–water partition coefficient (Wildman–Crippen LogP) is 2.42. The second-order valence-electron chi connectivity index (χ2n) is 6.44. The summed E-state index contributed by atoms with van der Waals surface area (Å²) >= 11 is 0. The number of rotatable bonds is 3. The molecule has 1 aliphatic carbocycles. The van der Waals surface area contributed by atoms with Gasteiger partial charge in [0.05, 0.1) is 12.2 Å². The Bertz CT molecular complexity index is 585. The summed E-state index contributed by atoms with van der Waals surface area (Å²) in [5.41, 5.74) is -0.407. The van der Waals surface area contributed by atoms with Gasteiger partial charge in [-0.1, -0.05) is 0 Å². The highest BCUT2D eigenvalue weighted by Crippen LogP contribution is 2.42. The number of amides is 1. The van der Waals surface area contributed by atoms with Crippen molar-refractivity contribution in [1.29, 1.82) is 0 Å². The summed E-state index contributed by atoms with van der Waals surface area (Å²) in [6.45, 7) is 4.51. The lowest BCUT2D eigenvalue weighted by molar-refractivity contribution is -0.145. The first-order chi connectivity index (χ1) is 10.7. The summed E-state index contributed by atoms with van der Waals surface area (Å²) in [4.78, 5) is 14.1. The van der Waals surface area contributed by atoms with Crippen molar-refractivity contribution in [2.45, 2.75) is 57.5 Å². The third-order valence-electron chi connectivity index (χ3n) is 4.15. The normalized spacial score (nSPS) is 25.7. The van der Waals surface area contributed by atoms with Crippen LogP contribution >= 0.6 is 0 Å². The van der Waals surface area contributed by atoms with E-state index >= 15 is 0 Å². The Morgan fingerprint density at radius 2 is 1.91 bits per heavy atom. The van der Waals surface area contributed by atoms with Crippen LogP contribution in [0.3, 0.4) is 0 Å². The number of alkyl halides is 3. The Morgan fingerprint density at radius 1 is 1.30 bits per heavy atom. The lowest BCUT2D eigenvalue weighted by Crippen LogP contribution is -2.49. The molecule has 0 unspecified atom stereocenters. The maximum absolute atomic E-state index is 12.9. The van der Waals surface area contributed by atoms with Gasteiger partial charge < -0.3 is 9.64 Å². The van der Waals surface area contributed by atoms with Gasteiger partial charge in [0.2, 0.25) is 5.91 Å². The van der Waals surface area contributed by atoms with Crippen LogP contribution in [0.5, 0.6) is 0 Å². The maximum atomic E-state index is 12.9. The molecule has 1 aromatic heterocycles. The zero-order chi connectivity index (χ0) is 16.8. The maximum Gasteiger partial charge on any atom is 0.435 e. The zero-order valence-corrected chi connectivity index (χ0v) is 13.1. The predicted molar refractivity (Wildman–Crippen MR) is 75.8 cm³/mol. The Kier molecular flexibility index (Phi) is 4.12. The summed E-state index contributed by atoms with van der Waals surface area (Å²) in [5, 5.41) is 3.63. The Balaban J connectivity index is 1.76.